The van der Waals surface area contributed by atoms with E-state index in [4.69, 9.17) is 4.74 Å². The van der Waals surface area contributed by atoms with Crippen molar-refractivity contribution < 1.29 is 9.84 Å². The summed E-state index contributed by atoms with van der Waals surface area (Å²) in [4.78, 5) is 0. The molecular weight excluding hydrogens is 370 g/mol. The van der Waals surface area contributed by atoms with Crippen molar-refractivity contribution in [2.75, 3.05) is 7.05 Å². The molecular formula is C27H25NO2. The first-order valence-corrected chi connectivity index (χ1v) is 9.89. The average Bonchev–Trinajstić information content (AvgIpc) is 2.79. The maximum Gasteiger partial charge on any atom is 0.0733 e. The topological polar surface area (TPSA) is 41.5 Å². The van der Waals surface area contributed by atoms with E-state index < -0.39 is 0 Å². The van der Waals surface area contributed by atoms with Crippen LogP contribution in [0.3, 0.4) is 0 Å². The van der Waals surface area contributed by atoms with Crippen LogP contribution in [-0.2, 0) is 31.1 Å². The van der Waals surface area contributed by atoms with E-state index in [1.807, 2.05) is 55.6 Å². The highest BCUT2D eigenvalue weighted by atomic mass is 16.5. The first-order chi connectivity index (χ1) is 14.8. The third-order valence-electron chi connectivity index (χ3n) is 4.59. The molecule has 2 N–H and O–H groups in total. The lowest BCUT2D eigenvalue weighted by Crippen LogP contribution is -2.04. The van der Waals surface area contributed by atoms with Gasteiger partial charge in [-0.25, -0.2) is 0 Å². The Hall–Kier alpha value is -3.34. The van der Waals surface area contributed by atoms with Gasteiger partial charge in [0.25, 0.3) is 0 Å². The van der Waals surface area contributed by atoms with Gasteiger partial charge in [0.05, 0.1) is 19.8 Å². The molecule has 0 amide bonds. The third-order valence-corrected chi connectivity index (χ3v) is 4.59. The highest BCUT2D eigenvalue weighted by Gasteiger charge is 2.01. The van der Waals surface area contributed by atoms with Crippen molar-refractivity contribution in [3.63, 3.8) is 0 Å². The van der Waals surface area contributed by atoms with Gasteiger partial charge in [0.2, 0.25) is 0 Å². The SMILES string of the molecule is CNCc1ccc(COCc2ccccc2C#CC#Cc2ccccc2CO)cc1. The first-order valence-electron chi connectivity index (χ1n) is 9.89. The third kappa shape index (κ3) is 6.34. The van der Waals surface area contributed by atoms with Gasteiger partial charge in [-0.05, 0) is 53.3 Å². The molecule has 3 rings (SSSR count). The van der Waals surface area contributed by atoms with E-state index in [0.29, 0.717) is 13.2 Å². The number of hydrogen-bond acceptors (Lipinski definition) is 3. The molecule has 0 heterocycles. The fourth-order valence-corrected chi connectivity index (χ4v) is 2.98. The summed E-state index contributed by atoms with van der Waals surface area (Å²) in [7, 11) is 1.94. The highest BCUT2D eigenvalue weighted by Crippen LogP contribution is 2.12. The summed E-state index contributed by atoms with van der Waals surface area (Å²) in [5, 5.41) is 12.5. The molecule has 0 spiro atoms. The molecule has 0 aromatic heterocycles. The summed E-state index contributed by atoms with van der Waals surface area (Å²) < 4.78 is 5.90. The summed E-state index contributed by atoms with van der Waals surface area (Å²) in [5.74, 6) is 11.9. The maximum atomic E-state index is 9.37. The van der Waals surface area contributed by atoms with E-state index in [1.165, 1.54) is 5.56 Å². The van der Waals surface area contributed by atoms with E-state index in [1.54, 1.807) is 0 Å². The molecule has 0 aliphatic rings. The summed E-state index contributed by atoms with van der Waals surface area (Å²) >= 11 is 0. The molecule has 0 aliphatic carbocycles. The Morgan fingerprint density at radius 2 is 1.30 bits per heavy atom. The number of nitrogens with one attached hydrogen (secondary N) is 1. The van der Waals surface area contributed by atoms with Gasteiger partial charge in [-0.1, -0.05) is 72.5 Å². The van der Waals surface area contributed by atoms with Crippen LogP contribution in [0.2, 0.25) is 0 Å². The fraction of sp³-hybridized carbons (Fsp3) is 0.185. The lowest BCUT2D eigenvalue weighted by atomic mass is 10.1. The fourth-order valence-electron chi connectivity index (χ4n) is 2.98. The molecule has 0 saturated heterocycles. The number of rotatable bonds is 7. The molecule has 150 valence electrons. The van der Waals surface area contributed by atoms with Gasteiger partial charge < -0.3 is 15.2 Å². The smallest absolute Gasteiger partial charge is 0.0733 e. The van der Waals surface area contributed by atoms with E-state index in [0.717, 1.165) is 34.4 Å². The van der Waals surface area contributed by atoms with Gasteiger partial charge in [0.15, 0.2) is 0 Å². The quantitative estimate of drug-likeness (QED) is 0.594. The van der Waals surface area contributed by atoms with Gasteiger partial charge in [-0.3, -0.25) is 0 Å². The standard InChI is InChI=1S/C27H25NO2/c1-28-18-22-14-16-23(17-15-22)20-30-21-27-13-7-5-11-25(27)10-3-2-8-24-9-4-6-12-26(24)19-29/h4-7,9,11-17,28-29H,18-21H2,1H3. The first kappa shape index (κ1) is 21.4. The van der Waals surface area contributed by atoms with Crippen LogP contribution in [0, 0.1) is 23.7 Å². The molecule has 3 heteroatoms. The molecule has 0 saturated carbocycles. The summed E-state index contributed by atoms with van der Waals surface area (Å²) in [6.07, 6.45) is 0. The van der Waals surface area contributed by atoms with Crippen molar-refractivity contribution >= 4 is 0 Å². The Morgan fingerprint density at radius 3 is 1.93 bits per heavy atom. The van der Waals surface area contributed by atoms with Gasteiger partial charge >= 0.3 is 0 Å². The monoisotopic (exact) mass is 395 g/mol. The Bertz CT molecular complexity index is 1080. The predicted molar refractivity (Wildman–Crippen MR) is 120 cm³/mol. The molecule has 3 aromatic carbocycles. The van der Waals surface area contributed by atoms with Crippen LogP contribution in [0.15, 0.2) is 72.8 Å². The zero-order valence-corrected chi connectivity index (χ0v) is 17.1. The van der Waals surface area contributed by atoms with Crippen molar-refractivity contribution in [2.24, 2.45) is 0 Å². The number of benzene rings is 3. The Balaban J connectivity index is 1.61. The van der Waals surface area contributed by atoms with Crippen molar-refractivity contribution in [1.82, 2.24) is 5.32 Å². The molecule has 30 heavy (non-hydrogen) atoms. The van der Waals surface area contributed by atoms with Crippen LogP contribution >= 0.6 is 0 Å². The van der Waals surface area contributed by atoms with Gasteiger partial charge in [-0.15, -0.1) is 0 Å². The highest BCUT2D eigenvalue weighted by molar-refractivity contribution is 5.48. The molecule has 0 unspecified atom stereocenters. The molecule has 3 nitrogen and oxygen atoms in total. The molecule has 3 aromatic rings. The minimum absolute atomic E-state index is 0.0311. The zero-order valence-electron chi connectivity index (χ0n) is 17.1. The van der Waals surface area contributed by atoms with E-state index >= 15 is 0 Å². The van der Waals surface area contributed by atoms with Gasteiger partial charge in [0, 0.05) is 17.7 Å². The lowest BCUT2D eigenvalue weighted by Gasteiger charge is -2.07. The van der Waals surface area contributed by atoms with Crippen LogP contribution in [-0.4, -0.2) is 12.2 Å². The Morgan fingerprint density at radius 1 is 0.733 bits per heavy atom. The minimum atomic E-state index is -0.0311. The van der Waals surface area contributed by atoms with Crippen molar-refractivity contribution in [2.45, 2.75) is 26.4 Å². The van der Waals surface area contributed by atoms with Crippen LogP contribution in [0.4, 0.5) is 0 Å². The average molecular weight is 396 g/mol. The number of aliphatic hydroxyl groups is 1. The Labute approximate surface area is 178 Å². The van der Waals surface area contributed by atoms with Crippen LogP contribution in [0.5, 0.6) is 0 Å². The number of ether oxygens (including phenoxy) is 1. The molecule has 0 fully saturated rings. The van der Waals surface area contributed by atoms with Crippen molar-refractivity contribution in [1.29, 1.82) is 0 Å². The molecule has 0 bridgehead atoms. The van der Waals surface area contributed by atoms with E-state index in [9.17, 15) is 5.11 Å². The molecule has 0 aliphatic heterocycles. The second kappa shape index (κ2) is 11.6. The predicted octanol–water partition coefficient (Wildman–Crippen LogP) is 4.02. The van der Waals surface area contributed by atoms with E-state index in [-0.39, 0.29) is 6.61 Å². The minimum Gasteiger partial charge on any atom is -0.392 e. The van der Waals surface area contributed by atoms with Gasteiger partial charge in [-0.2, -0.15) is 0 Å². The van der Waals surface area contributed by atoms with Crippen LogP contribution < -0.4 is 5.32 Å². The van der Waals surface area contributed by atoms with Crippen LogP contribution in [0.25, 0.3) is 0 Å². The maximum absolute atomic E-state index is 9.37. The molecule has 0 radical (unpaired) electrons. The van der Waals surface area contributed by atoms with Gasteiger partial charge in [0.1, 0.15) is 0 Å². The van der Waals surface area contributed by atoms with Crippen LogP contribution in [0.1, 0.15) is 33.4 Å². The second-order valence-corrected chi connectivity index (χ2v) is 6.81. The Kier molecular flexibility index (Phi) is 8.27. The zero-order chi connectivity index (χ0) is 21.0. The molecule has 0 atom stereocenters. The summed E-state index contributed by atoms with van der Waals surface area (Å²) in [5.41, 5.74) is 5.95. The second-order valence-electron chi connectivity index (χ2n) is 6.81. The number of aliphatic hydroxyl groups excluding tert-OH is 1. The summed E-state index contributed by atoms with van der Waals surface area (Å²) in [6, 6.07) is 23.9. The van der Waals surface area contributed by atoms with Crippen molar-refractivity contribution in [3.05, 3.63) is 106 Å². The summed E-state index contributed by atoms with van der Waals surface area (Å²) in [6.45, 7) is 1.88. The normalized spacial score (nSPS) is 9.93. The van der Waals surface area contributed by atoms with Crippen molar-refractivity contribution in [3.8, 4) is 23.7 Å². The largest absolute Gasteiger partial charge is 0.392 e. The van der Waals surface area contributed by atoms with E-state index in [2.05, 4.69) is 53.3 Å². The lowest BCUT2D eigenvalue weighted by molar-refractivity contribution is 0.107. The number of hydrogen-bond donors (Lipinski definition) is 2.